The molecule has 1 N–H and O–H groups in total. The molecule has 112 valence electrons. The fraction of sp³-hybridized carbons (Fsp3) is 0. The first-order valence-corrected chi connectivity index (χ1v) is 7.46. The second-order valence-electron chi connectivity index (χ2n) is 5.22. The first kappa shape index (κ1) is 13.8. The van der Waals surface area contributed by atoms with E-state index < -0.39 is 11.8 Å². The van der Waals surface area contributed by atoms with Crippen LogP contribution in [0.3, 0.4) is 0 Å². The highest BCUT2D eigenvalue weighted by molar-refractivity contribution is 6.60. The number of nitrogens with zero attached hydrogens (tertiary/aromatic N) is 1. The number of anilines is 1. The number of aromatic nitrogens is 1. The van der Waals surface area contributed by atoms with Gasteiger partial charge >= 0.3 is 0 Å². The summed E-state index contributed by atoms with van der Waals surface area (Å²) in [6.45, 7) is 0. The lowest BCUT2D eigenvalue weighted by atomic mass is 10.1. The van der Waals surface area contributed by atoms with Gasteiger partial charge in [-0.2, -0.15) is 0 Å². The van der Waals surface area contributed by atoms with Crippen LogP contribution in [0.1, 0.15) is 5.56 Å². The van der Waals surface area contributed by atoms with Gasteiger partial charge in [-0.05, 0) is 18.2 Å². The molecule has 2 amide bonds. The van der Waals surface area contributed by atoms with Crippen molar-refractivity contribution >= 4 is 45.6 Å². The minimum atomic E-state index is -0.497. The third kappa shape index (κ3) is 1.99. The van der Waals surface area contributed by atoms with Crippen LogP contribution in [0.15, 0.2) is 65.8 Å². The average molecular weight is 323 g/mol. The normalized spacial score (nSPS) is 15.1. The minimum absolute atomic E-state index is 0.0522. The van der Waals surface area contributed by atoms with Gasteiger partial charge in [0.15, 0.2) is 0 Å². The van der Waals surface area contributed by atoms with Gasteiger partial charge in [0, 0.05) is 22.7 Å². The van der Waals surface area contributed by atoms with Crippen LogP contribution in [0.5, 0.6) is 0 Å². The number of imide groups is 1. The summed E-state index contributed by atoms with van der Waals surface area (Å²) >= 11 is 6.21. The van der Waals surface area contributed by atoms with Crippen LogP contribution in [0, 0.1) is 0 Å². The van der Waals surface area contributed by atoms with E-state index >= 15 is 0 Å². The van der Waals surface area contributed by atoms with Gasteiger partial charge in [-0.25, -0.2) is 4.90 Å². The fourth-order valence-electron chi connectivity index (χ4n) is 2.83. The zero-order valence-corrected chi connectivity index (χ0v) is 12.7. The topological polar surface area (TPSA) is 53.2 Å². The Morgan fingerprint density at radius 2 is 1.57 bits per heavy atom. The molecule has 0 unspecified atom stereocenters. The molecular formula is C18H11ClN2O2. The van der Waals surface area contributed by atoms with Crippen molar-refractivity contribution in [1.29, 1.82) is 0 Å². The monoisotopic (exact) mass is 322 g/mol. The smallest absolute Gasteiger partial charge is 0.277 e. The van der Waals surface area contributed by atoms with Gasteiger partial charge in [-0.3, -0.25) is 9.59 Å². The summed E-state index contributed by atoms with van der Waals surface area (Å²) in [5.41, 5.74) is 2.27. The zero-order valence-electron chi connectivity index (χ0n) is 11.9. The summed E-state index contributed by atoms with van der Waals surface area (Å²) in [4.78, 5) is 29.5. The Bertz CT molecular complexity index is 973. The summed E-state index contributed by atoms with van der Waals surface area (Å²) in [6.07, 6.45) is 1.71. The first-order chi connectivity index (χ1) is 11.2. The number of hydrogen-bond acceptors (Lipinski definition) is 2. The largest absolute Gasteiger partial charge is 0.361 e. The number of carbonyl (C=O) groups is 2. The van der Waals surface area contributed by atoms with Crippen molar-refractivity contribution < 1.29 is 9.59 Å². The van der Waals surface area contributed by atoms with Crippen LogP contribution in [0.4, 0.5) is 5.69 Å². The van der Waals surface area contributed by atoms with Gasteiger partial charge in [0.2, 0.25) is 0 Å². The van der Waals surface area contributed by atoms with E-state index in [4.69, 9.17) is 11.6 Å². The summed E-state index contributed by atoms with van der Waals surface area (Å²) in [5.74, 6) is -0.904. The van der Waals surface area contributed by atoms with E-state index in [-0.39, 0.29) is 10.6 Å². The lowest BCUT2D eigenvalue weighted by Gasteiger charge is -2.14. The van der Waals surface area contributed by atoms with Gasteiger partial charge in [0.1, 0.15) is 5.03 Å². The number of benzene rings is 2. The maximum absolute atomic E-state index is 12.8. The Hall–Kier alpha value is -2.85. The van der Waals surface area contributed by atoms with Crippen molar-refractivity contribution in [3.8, 4) is 0 Å². The molecule has 1 aliphatic heterocycles. The van der Waals surface area contributed by atoms with E-state index in [2.05, 4.69) is 4.98 Å². The number of fused-ring (bicyclic) bond motifs is 1. The van der Waals surface area contributed by atoms with Crippen LogP contribution in [-0.2, 0) is 9.59 Å². The van der Waals surface area contributed by atoms with E-state index in [1.165, 1.54) is 0 Å². The molecule has 3 aromatic rings. The van der Waals surface area contributed by atoms with Crippen LogP contribution in [-0.4, -0.2) is 16.8 Å². The number of carbonyl (C=O) groups excluding carboxylic acids is 2. The van der Waals surface area contributed by atoms with E-state index in [9.17, 15) is 9.59 Å². The molecule has 5 heteroatoms. The number of aromatic amines is 1. The van der Waals surface area contributed by atoms with Crippen molar-refractivity contribution in [1.82, 2.24) is 4.98 Å². The van der Waals surface area contributed by atoms with E-state index in [1.807, 2.05) is 30.3 Å². The molecule has 0 fully saturated rings. The van der Waals surface area contributed by atoms with Crippen molar-refractivity contribution in [2.45, 2.75) is 0 Å². The molecular weight excluding hydrogens is 312 g/mol. The second-order valence-corrected chi connectivity index (χ2v) is 5.60. The Balaban J connectivity index is 1.86. The molecule has 1 aromatic heterocycles. The van der Waals surface area contributed by atoms with Gasteiger partial charge in [-0.1, -0.05) is 48.0 Å². The van der Waals surface area contributed by atoms with Gasteiger partial charge in [0.25, 0.3) is 11.8 Å². The molecule has 0 spiro atoms. The Kier molecular flexibility index (Phi) is 3.06. The molecule has 2 heterocycles. The van der Waals surface area contributed by atoms with Gasteiger partial charge < -0.3 is 4.98 Å². The molecule has 0 aliphatic carbocycles. The summed E-state index contributed by atoms with van der Waals surface area (Å²) in [5, 5.41) is 0.806. The predicted octanol–water partition coefficient (Wildman–Crippen LogP) is 3.69. The van der Waals surface area contributed by atoms with Crippen LogP contribution >= 0.6 is 11.6 Å². The van der Waals surface area contributed by atoms with Crippen molar-refractivity contribution in [2.24, 2.45) is 0 Å². The van der Waals surface area contributed by atoms with E-state index in [0.29, 0.717) is 11.3 Å². The number of para-hydroxylation sites is 2. The number of hydrogen-bond donors (Lipinski definition) is 1. The molecule has 0 bridgehead atoms. The Morgan fingerprint density at radius 1 is 0.870 bits per heavy atom. The number of nitrogens with one attached hydrogen (secondary N) is 1. The molecule has 1 aliphatic rings. The van der Waals surface area contributed by atoms with Crippen LogP contribution < -0.4 is 4.90 Å². The van der Waals surface area contributed by atoms with Crippen molar-refractivity contribution in [3.63, 3.8) is 0 Å². The number of H-pyrrole nitrogens is 1. The Labute approximate surface area is 137 Å². The summed E-state index contributed by atoms with van der Waals surface area (Å²) in [7, 11) is 0. The second kappa shape index (κ2) is 5.11. The lowest BCUT2D eigenvalue weighted by Crippen LogP contribution is -2.31. The van der Waals surface area contributed by atoms with Crippen LogP contribution in [0.25, 0.3) is 16.5 Å². The third-order valence-electron chi connectivity index (χ3n) is 3.90. The fourth-order valence-corrected chi connectivity index (χ4v) is 3.09. The summed E-state index contributed by atoms with van der Waals surface area (Å²) in [6, 6.07) is 16.4. The highest BCUT2D eigenvalue weighted by Gasteiger charge is 2.39. The predicted molar refractivity (Wildman–Crippen MR) is 90.0 cm³/mol. The van der Waals surface area contributed by atoms with E-state index in [0.717, 1.165) is 15.8 Å². The highest BCUT2D eigenvalue weighted by atomic mass is 35.5. The number of halogens is 1. The SMILES string of the molecule is O=C1C(Cl)=C(c2c[nH]c3ccccc23)C(=O)N1c1ccccc1. The summed E-state index contributed by atoms with van der Waals surface area (Å²) < 4.78 is 0. The third-order valence-corrected chi connectivity index (χ3v) is 4.25. The highest BCUT2D eigenvalue weighted by Crippen LogP contribution is 2.37. The van der Waals surface area contributed by atoms with Crippen molar-refractivity contribution in [2.75, 3.05) is 4.90 Å². The van der Waals surface area contributed by atoms with Gasteiger partial charge in [0.05, 0.1) is 11.3 Å². The van der Waals surface area contributed by atoms with Crippen LogP contribution in [0.2, 0.25) is 0 Å². The Morgan fingerprint density at radius 3 is 2.35 bits per heavy atom. The molecule has 2 aromatic carbocycles. The zero-order chi connectivity index (χ0) is 16.0. The number of amides is 2. The maximum Gasteiger partial charge on any atom is 0.277 e. The molecule has 0 radical (unpaired) electrons. The lowest BCUT2D eigenvalue weighted by molar-refractivity contribution is -0.119. The molecule has 4 rings (SSSR count). The molecule has 0 saturated carbocycles. The number of rotatable bonds is 2. The minimum Gasteiger partial charge on any atom is -0.361 e. The molecule has 4 nitrogen and oxygen atoms in total. The molecule has 0 atom stereocenters. The van der Waals surface area contributed by atoms with E-state index in [1.54, 1.807) is 30.5 Å². The maximum atomic E-state index is 12.8. The molecule has 0 saturated heterocycles. The standard InChI is InChI=1S/C18H11ClN2O2/c19-16-15(13-10-20-14-9-5-4-8-12(13)14)17(22)21(18(16)23)11-6-2-1-3-7-11/h1-10,20H. The first-order valence-electron chi connectivity index (χ1n) is 7.08. The average Bonchev–Trinajstić information content (AvgIpc) is 3.08. The van der Waals surface area contributed by atoms with Gasteiger partial charge in [-0.15, -0.1) is 0 Å². The quantitative estimate of drug-likeness (QED) is 0.732. The van der Waals surface area contributed by atoms with Crippen molar-refractivity contribution in [3.05, 3.63) is 71.4 Å². The molecule has 23 heavy (non-hydrogen) atoms.